The van der Waals surface area contributed by atoms with Crippen LogP contribution in [0.4, 0.5) is 0 Å². The van der Waals surface area contributed by atoms with Gasteiger partial charge in [0, 0.05) is 11.8 Å². The minimum Gasteiger partial charge on any atom is -0.475 e. The van der Waals surface area contributed by atoms with Crippen LogP contribution in [-0.4, -0.2) is 18.5 Å². The lowest BCUT2D eigenvalue weighted by Crippen LogP contribution is -2.30. The lowest BCUT2D eigenvalue weighted by molar-refractivity contribution is 0.117. The first-order valence-corrected chi connectivity index (χ1v) is 4.59. The molecule has 1 atom stereocenters. The minimum atomic E-state index is 0.472. The van der Waals surface area contributed by atoms with Gasteiger partial charge in [-0.2, -0.15) is 0 Å². The summed E-state index contributed by atoms with van der Waals surface area (Å²) in [5.41, 5.74) is 0.553. The summed E-state index contributed by atoms with van der Waals surface area (Å²) in [7, 11) is 0. The first-order chi connectivity index (χ1) is 5.39. The van der Waals surface area contributed by atoms with Crippen LogP contribution < -0.4 is 0 Å². The molecule has 60 valence electrons. The Kier molecular flexibility index (Phi) is 0.984. The fraction of sp³-hybridized carbons (Fsp3) is 0.889. The number of fused-ring (bicyclic) bond motifs is 3. The van der Waals surface area contributed by atoms with Crippen LogP contribution >= 0.6 is 0 Å². The third-order valence-electron chi connectivity index (χ3n) is 3.50. The Morgan fingerprint density at radius 3 is 2.73 bits per heavy atom. The molecule has 1 saturated heterocycles. The zero-order valence-corrected chi connectivity index (χ0v) is 6.68. The molecule has 0 aromatic heterocycles. The van der Waals surface area contributed by atoms with Crippen molar-refractivity contribution in [2.24, 2.45) is 10.4 Å². The van der Waals surface area contributed by atoms with E-state index in [0.717, 1.165) is 18.9 Å². The van der Waals surface area contributed by atoms with Gasteiger partial charge in [0.1, 0.15) is 6.10 Å². The Balaban J connectivity index is 1.95. The van der Waals surface area contributed by atoms with E-state index in [1.54, 1.807) is 0 Å². The van der Waals surface area contributed by atoms with Crippen molar-refractivity contribution in [3.8, 4) is 0 Å². The molecule has 2 nitrogen and oxygen atoms in total. The molecule has 0 N–H and O–H groups in total. The van der Waals surface area contributed by atoms with E-state index in [0.29, 0.717) is 11.5 Å². The van der Waals surface area contributed by atoms with Crippen molar-refractivity contribution in [3.05, 3.63) is 0 Å². The SMILES string of the molecule is C1CCC2(C1)CC1=NC[C@H]2O1. The topological polar surface area (TPSA) is 21.6 Å². The summed E-state index contributed by atoms with van der Waals surface area (Å²) in [6, 6.07) is 0. The average Bonchev–Trinajstić information content (AvgIpc) is 2.64. The van der Waals surface area contributed by atoms with Gasteiger partial charge in [-0.25, -0.2) is 0 Å². The molecule has 2 heterocycles. The number of ether oxygens (including phenoxy) is 1. The van der Waals surface area contributed by atoms with Crippen LogP contribution in [0.2, 0.25) is 0 Å². The monoisotopic (exact) mass is 151 g/mol. The quantitative estimate of drug-likeness (QED) is 0.517. The van der Waals surface area contributed by atoms with Gasteiger partial charge < -0.3 is 4.74 Å². The van der Waals surface area contributed by atoms with Crippen molar-refractivity contribution in [3.63, 3.8) is 0 Å². The Morgan fingerprint density at radius 2 is 2.18 bits per heavy atom. The predicted octanol–water partition coefficient (Wildman–Crippen LogP) is 1.75. The normalized spacial score (nSPS) is 37.8. The second-order valence-corrected chi connectivity index (χ2v) is 4.09. The maximum atomic E-state index is 5.66. The van der Waals surface area contributed by atoms with Crippen LogP contribution in [-0.2, 0) is 4.74 Å². The summed E-state index contributed by atoms with van der Waals surface area (Å²) in [4.78, 5) is 4.32. The standard InChI is InChI=1S/C9H13NO/c1-2-4-9(3-1)5-8-10-6-7(9)11-8/h7H,1-6H2/t7-/m1/s1. The molecule has 0 aromatic rings. The molecule has 2 heteroatoms. The van der Waals surface area contributed by atoms with E-state index in [-0.39, 0.29) is 0 Å². The van der Waals surface area contributed by atoms with Crippen LogP contribution in [0.15, 0.2) is 4.99 Å². The van der Waals surface area contributed by atoms with E-state index in [1.807, 2.05) is 0 Å². The average molecular weight is 151 g/mol. The molecule has 0 amide bonds. The highest BCUT2D eigenvalue weighted by atomic mass is 16.5. The first kappa shape index (κ1) is 6.04. The fourth-order valence-corrected chi connectivity index (χ4v) is 2.83. The fourth-order valence-electron chi connectivity index (χ4n) is 2.83. The zero-order chi connectivity index (χ0) is 7.31. The summed E-state index contributed by atoms with van der Waals surface area (Å²) in [6.45, 7) is 0.954. The molecule has 2 aliphatic heterocycles. The molecule has 2 bridgehead atoms. The van der Waals surface area contributed by atoms with Crippen LogP contribution in [0.3, 0.4) is 0 Å². The Labute approximate surface area is 66.7 Å². The van der Waals surface area contributed by atoms with Gasteiger partial charge in [0.15, 0.2) is 5.90 Å². The van der Waals surface area contributed by atoms with E-state index < -0.39 is 0 Å². The third-order valence-corrected chi connectivity index (χ3v) is 3.50. The largest absolute Gasteiger partial charge is 0.475 e. The summed E-state index contributed by atoms with van der Waals surface area (Å²) in [5, 5.41) is 0. The maximum absolute atomic E-state index is 5.66. The van der Waals surface area contributed by atoms with E-state index in [1.165, 1.54) is 25.7 Å². The molecule has 1 spiro atoms. The molecular formula is C9H13NO. The van der Waals surface area contributed by atoms with Gasteiger partial charge in [0.2, 0.25) is 0 Å². The summed E-state index contributed by atoms with van der Waals surface area (Å²) in [6.07, 6.45) is 7.21. The lowest BCUT2D eigenvalue weighted by atomic mass is 9.78. The smallest absolute Gasteiger partial charge is 0.184 e. The van der Waals surface area contributed by atoms with Crippen molar-refractivity contribution in [1.82, 2.24) is 0 Å². The Hall–Kier alpha value is -0.530. The van der Waals surface area contributed by atoms with Crippen molar-refractivity contribution >= 4 is 5.90 Å². The van der Waals surface area contributed by atoms with Crippen LogP contribution in [0, 0.1) is 5.41 Å². The van der Waals surface area contributed by atoms with Crippen molar-refractivity contribution < 1.29 is 4.74 Å². The molecule has 0 unspecified atom stereocenters. The van der Waals surface area contributed by atoms with Gasteiger partial charge in [-0.05, 0) is 12.8 Å². The third kappa shape index (κ3) is 0.652. The molecule has 11 heavy (non-hydrogen) atoms. The number of hydrogen-bond acceptors (Lipinski definition) is 2. The lowest BCUT2D eigenvalue weighted by Gasteiger charge is -2.26. The zero-order valence-electron chi connectivity index (χ0n) is 6.68. The van der Waals surface area contributed by atoms with Gasteiger partial charge in [0.25, 0.3) is 0 Å². The molecule has 1 aliphatic carbocycles. The molecular weight excluding hydrogens is 138 g/mol. The molecule has 0 aromatic carbocycles. The van der Waals surface area contributed by atoms with Crippen molar-refractivity contribution in [2.75, 3.05) is 6.54 Å². The van der Waals surface area contributed by atoms with Gasteiger partial charge in [-0.15, -0.1) is 0 Å². The van der Waals surface area contributed by atoms with Crippen LogP contribution in [0.1, 0.15) is 32.1 Å². The number of rotatable bonds is 0. The van der Waals surface area contributed by atoms with Gasteiger partial charge in [-0.3, -0.25) is 4.99 Å². The van der Waals surface area contributed by atoms with Crippen LogP contribution in [0.25, 0.3) is 0 Å². The van der Waals surface area contributed by atoms with Gasteiger partial charge >= 0.3 is 0 Å². The predicted molar refractivity (Wildman–Crippen MR) is 42.7 cm³/mol. The van der Waals surface area contributed by atoms with Gasteiger partial charge in [0.05, 0.1) is 6.54 Å². The van der Waals surface area contributed by atoms with E-state index >= 15 is 0 Å². The molecule has 3 aliphatic rings. The van der Waals surface area contributed by atoms with E-state index in [9.17, 15) is 0 Å². The molecule has 0 radical (unpaired) electrons. The van der Waals surface area contributed by atoms with E-state index in [2.05, 4.69) is 4.99 Å². The Bertz CT molecular complexity index is 216. The molecule has 3 rings (SSSR count). The highest BCUT2D eigenvalue weighted by Crippen LogP contribution is 2.51. The first-order valence-electron chi connectivity index (χ1n) is 4.59. The maximum Gasteiger partial charge on any atom is 0.184 e. The highest BCUT2D eigenvalue weighted by Gasteiger charge is 2.51. The van der Waals surface area contributed by atoms with Crippen LogP contribution in [0.5, 0.6) is 0 Å². The van der Waals surface area contributed by atoms with Gasteiger partial charge in [-0.1, -0.05) is 12.8 Å². The minimum absolute atomic E-state index is 0.472. The summed E-state index contributed by atoms with van der Waals surface area (Å²) < 4.78 is 5.66. The summed E-state index contributed by atoms with van der Waals surface area (Å²) in [5.74, 6) is 1.05. The Morgan fingerprint density at radius 1 is 1.36 bits per heavy atom. The highest BCUT2D eigenvalue weighted by molar-refractivity contribution is 5.81. The summed E-state index contributed by atoms with van der Waals surface area (Å²) >= 11 is 0. The molecule has 2 fully saturated rings. The van der Waals surface area contributed by atoms with E-state index in [4.69, 9.17) is 4.74 Å². The van der Waals surface area contributed by atoms with Crippen molar-refractivity contribution in [1.29, 1.82) is 0 Å². The second-order valence-electron chi connectivity index (χ2n) is 4.09. The number of nitrogens with zero attached hydrogens (tertiary/aromatic N) is 1. The number of hydrogen-bond donors (Lipinski definition) is 0. The van der Waals surface area contributed by atoms with Crippen molar-refractivity contribution in [2.45, 2.75) is 38.2 Å². The molecule has 1 saturated carbocycles. The second kappa shape index (κ2) is 1.79. The number of aliphatic imine (C=N–C) groups is 1.